The summed E-state index contributed by atoms with van der Waals surface area (Å²) >= 11 is 51.3. The van der Waals surface area contributed by atoms with Gasteiger partial charge in [0, 0.05) is 69.4 Å². The Bertz CT molecular complexity index is 1830. The van der Waals surface area contributed by atoms with E-state index in [1.807, 2.05) is 12.1 Å². The average Bonchev–Trinajstić information content (AvgIpc) is 3.06. The number of halogens is 14. The molecule has 268 valence electrons. The zero-order valence-corrected chi connectivity index (χ0v) is 47.1. The molecule has 49 heavy (non-hydrogen) atoms. The fourth-order valence-electron chi connectivity index (χ4n) is 4.75. The molecule has 0 saturated carbocycles. The molecule has 0 aliphatic heterocycles. The Hall–Kier alpha value is 3.67. The Morgan fingerprint density at radius 2 is 0.837 bits per heavy atom. The Kier molecular flexibility index (Phi) is 18.4. The highest BCUT2D eigenvalue weighted by molar-refractivity contribution is 9.15. The second-order valence-corrected chi connectivity index (χ2v) is 25.4. The second-order valence-electron chi connectivity index (χ2n) is 10.3. The van der Waals surface area contributed by atoms with Crippen molar-refractivity contribution in [3.05, 3.63) is 63.2 Å². The highest BCUT2D eigenvalue weighted by Gasteiger charge is 2.31. The van der Waals surface area contributed by atoms with E-state index in [4.69, 9.17) is 9.47 Å². The molecule has 0 aliphatic carbocycles. The number of sulfone groups is 1. The summed E-state index contributed by atoms with van der Waals surface area (Å²) in [6, 6.07) is 10.3. The first-order chi connectivity index (χ1) is 23.0. The summed E-state index contributed by atoms with van der Waals surface area (Å²) in [5, 5.41) is 3.68. The van der Waals surface area contributed by atoms with Gasteiger partial charge in [-0.15, -0.1) is 0 Å². The van der Waals surface area contributed by atoms with Crippen LogP contribution in [-0.4, -0.2) is 61.3 Å². The maximum Gasteiger partial charge on any atom is 0.207 e. The highest BCUT2D eigenvalue weighted by Crippen LogP contribution is 2.49. The molecule has 0 heterocycles. The van der Waals surface area contributed by atoms with Gasteiger partial charge in [0.2, 0.25) is 9.84 Å². The first-order valence-electron chi connectivity index (χ1n) is 13.6. The van der Waals surface area contributed by atoms with Gasteiger partial charge in [-0.1, -0.05) is 191 Å². The number of benzene rings is 4. The molecule has 0 bridgehead atoms. The van der Waals surface area contributed by atoms with Crippen LogP contribution in [0.1, 0.15) is 0 Å². The Balaban J connectivity index is 1.89. The van der Waals surface area contributed by atoms with E-state index >= 15 is 0 Å². The number of rotatable bonds is 14. The Morgan fingerprint density at radius 1 is 0.490 bits per heavy atom. The molecule has 6 atom stereocenters. The van der Waals surface area contributed by atoms with Crippen LogP contribution in [0.5, 0.6) is 11.5 Å². The van der Waals surface area contributed by atoms with Crippen molar-refractivity contribution in [1.29, 1.82) is 0 Å². The van der Waals surface area contributed by atoms with E-state index in [1.165, 1.54) is 0 Å². The molecule has 4 rings (SSSR count). The lowest BCUT2D eigenvalue weighted by Gasteiger charge is -2.23. The van der Waals surface area contributed by atoms with Crippen LogP contribution in [0.15, 0.2) is 73.0 Å². The minimum Gasteiger partial charge on any atom is -0.490 e. The second kappa shape index (κ2) is 19.9. The van der Waals surface area contributed by atoms with Gasteiger partial charge in [0.1, 0.15) is 24.7 Å². The zero-order valence-electron chi connectivity index (χ0n) is 24.1. The SMILES string of the molecule is O=S(=O)(c1ccc(Br)c2c(OCC(Br)C(Br)C(Br)CBr)c(Br)cc(Br)c12)c1ccc(Br)c2c(OCC(Br)C(Br)C(Br)CBr)c(Br)cc(Br)c12. The average molecular weight is 1600 g/mol. The topological polar surface area (TPSA) is 52.6 Å². The number of fused-ring (bicyclic) bond motifs is 2. The highest BCUT2D eigenvalue weighted by atomic mass is 79.9. The maximum absolute atomic E-state index is 14.9. The van der Waals surface area contributed by atoms with Crippen LogP contribution in [-0.2, 0) is 9.84 Å². The first-order valence-corrected chi connectivity index (χ1v) is 27.6. The number of ether oxygens (including phenoxy) is 2. The standard InChI is InChI=1S/C30H20Br14O4S/c31-7-17(39)27(43)19(41)9-47-29-15(37)5-13(35)23-21(3-1-11(33)25(23)29)49(45,46)22-4-2-12(34)26-24(22)14(36)6-16(38)30(26)48-10-20(42)28(44)18(40)8-32/h1-6,17-20,27-28H,7-10H2. The third-order valence-electron chi connectivity index (χ3n) is 7.13. The summed E-state index contributed by atoms with van der Waals surface area (Å²) in [4.78, 5) is 0.545. The third kappa shape index (κ3) is 10.2. The van der Waals surface area contributed by atoms with Crippen molar-refractivity contribution >= 4 is 254 Å². The van der Waals surface area contributed by atoms with Gasteiger partial charge in [-0.3, -0.25) is 0 Å². The molecule has 6 unspecified atom stereocenters. The molecule has 0 saturated heterocycles. The van der Waals surface area contributed by atoms with E-state index in [9.17, 15) is 8.42 Å². The molecule has 4 nitrogen and oxygen atoms in total. The molecule has 0 N–H and O–H groups in total. The van der Waals surface area contributed by atoms with Crippen molar-refractivity contribution in [2.75, 3.05) is 23.9 Å². The molecule has 0 spiro atoms. The number of hydrogen-bond acceptors (Lipinski definition) is 4. The van der Waals surface area contributed by atoms with Crippen molar-refractivity contribution in [1.82, 2.24) is 0 Å². The van der Waals surface area contributed by atoms with Gasteiger partial charge in [-0.25, -0.2) is 8.42 Å². The summed E-state index contributed by atoms with van der Waals surface area (Å²) in [6.45, 7) is 0.617. The van der Waals surface area contributed by atoms with Crippen LogP contribution in [0, 0.1) is 0 Å². The van der Waals surface area contributed by atoms with Crippen molar-refractivity contribution < 1.29 is 17.9 Å². The Labute approximate surface area is 402 Å². The van der Waals surface area contributed by atoms with Gasteiger partial charge < -0.3 is 9.47 Å². The molecule has 0 radical (unpaired) electrons. The molecule has 0 aliphatic rings. The van der Waals surface area contributed by atoms with Gasteiger partial charge in [0.25, 0.3) is 0 Å². The van der Waals surface area contributed by atoms with E-state index in [-0.39, 0.29) is 38.8 Å². The minimum absolute atomic E-state index is 0.0570. The minimum atomic E-state index is -4.15. The van der Waals surface area contributed by atoms with Crippen LogP contribution >= 0.6 is 223 Å². The predicted octanol–water partition coefficient (Wildman–Crippen LogP) is 15.5. The molecule has 0 amide bonds. The monoisotopic (exact) mass is 1580 g/mol. The van der Waals surface area contributed by atoms with Gasteiger partial charge in [0.05, 0.1) is 28.4 Å². The Morgan fingerprint density at radius 3 is 1.16 bits per heavy atom. The normalized spacial score (nSPS) is 16.0. The first kappa shape index (κ1) is 45.4. The lowest BCUT2D eigenvalue weighted by molar-refractivity contribution is 0.319. The molecule has 0 fully saturated rings. The predicted molar refractivity (Wildman–Crippen MR) is 254 cm³/mol. The molecule has 4 aromatic rings. The smallest absolute Gasteiger partial charge is 0.207 e. The zero-order chi connectivity index (χ0) is 36.5. The fraction of sp³-hybridized carbons (Fsp3) is 0.333. The summed E-state index contributed by atoms with van der Waals surface area (Å²) in [5.74, 6) is 1.02. The third-order valence-corrected chi connectivity index (χ3v) is 24.7. The van der Waals surface area contributed by atoms with E-state index in [2.05, 4.69) is 223 Å². The van der Waals surface area contributed by atoms with E-state index in [1.54, 1.807) is 24.3 Å². The summed E-state index contributed by atoms with van der Waals surface area (Å²) in [6.07, 6.45) is 0. The van der Waals surface area contributed by atoms with E-state index < -0.39 is 9.84 Å². The largest absolute Gasteiger partial charge is 0.490 e. The van der Waals surface area contributed by atoms with Crippen molar-refractivity contribution in [2.45, 2.75) is 38.8 Å². The summed E-state index contributed by atoms with van der Waals surface area (Å²) < 4.78 is 46.5. The molecule has 0 aromatic heterocycles. The van der Waals surface area contributed by atoms with Crippen LogP contribution in [0.25, 0.3) is 21.5 Å². The fourth-order valence-corrected chi connectivity index (χ4v) is 15.8. The van der Waals surface area contributed by atoms with Crippen LogP contribution in [0.2, 0.25) is 0 Å². The van der Waals surface area contributed by atoms with Crippen LogP contribution in [0.4, 0.5) is 0 Å². The lowest BCUT2D eigenvalue weighted by atomic mass is 10.1. The van der Waals surface area contributed by atoms with Gasteiger partial charge >= 0.3 is 0 Å². The molecule has 4 aromatic carbocycles. The maximum atomic E-state index is 14.9. The summed E-state index contributed by atoms with van der Waals surface area (Å²) in [7, 11) is -4.15. The van der Waals surface area contributed by atoms with Crippen LogP contribution in [0.3, 0.4) is 0 Å². The van der Waals surface area contributed by atoms with Crippen molar-refractivity contribution in [2.24, 2.45) is 0 Å². The summed E-state index contributed by atoms with van der Waals surface area (Å²) in [5.41, 5.74) is 0. The number of hydrogen-bond donors (Lipinski definition) is 0. The van der Waals surface area contributed by atoms with Crippen LogP contribution < -0.4 is 9.47 Å². The number of alkyl halides is 8. The lowest BCUT2D eigenvalue weighted by Crippen LogP contribution is -2.30. The molecule has 19 heteroatoms. The van der Waals surface area contributed by atoms with Crippen molar-refractivity contribution in [3.63, 3.8) is 0 Å². The van der Waals surface area contributed by atoms with Gasteiger partial charge in [-0.05, 0) is 68.3 Å². The quantitative estimate of drug-likeness (QED) is 0.118. The van der Waals surface area contributed by atoms with Crippen molar-refractivity contribution in [3.8, 4) is 11.5 Å². The van der Waals surface area contributed by atoms with E-state index in [0.29, 0.717) is 73.1 Å². The van der Waals surface area contributed by atoms with Gasteiger partial charge in [-0.2, -0.15) is 0 Å². The molecular weight excluding hydrogens is 1580 g/mol. The molecular formula is C30H20Br14O4S. The van der Waals surface area contributed by atoms with E-state index in [0.717, 1.165) is 10.7 Å². The van der Waals surface area contributed by atoms with Gasteiger partial charge in [0.15, 0.2) is 0 Å².